The van der Waals surface area contributed by atoms with Crippen LogP contribution >= 0.6 is 12.2 Å². The van der Waals surface area contributed by atoms with Crippen LogP contribution in [-0.4, -0.2) is 24.7 Å². The van der Waals surface area contributed by atoms with E-state index in [1.807, 2.05) is 12.1 Å². The molecule has 0 unspecified atom stereocenters. The summed E-state index contributed by atoms with van der Waals surface area (Å²) in [6, 6.07) is 16.9. The maximum absolute atomic E-state index is 5.35. The molecule has 128 valence electrons. The highest BCUT2D eigenvalue weighted by molar-refractivity contribution is 7.80. The highest BCUT2D eigenvalue weighted by Gasteiger charge is 2.04. The van der Waals surface area contributed by atoms with Crippen LogP contribution in [-0.2, 0) is 0 Å². The summed E-state index contributed by atoms with van der Waals surface area (Å²) in [5, 5.41) is 7.17. The van der Waals surface area contributed by atoms with Crippen LogP contribution in [0.5, 0.6) is 0 Å². The maximum Gasteiger partial charge on any atom is 0.170 e. The van der Waals surface area contributed by atoms with E-state index in [0.29, 0.717) is 5.11 Å². The van der Waals surface area contributed by atoms with E-state index in [0.717, 1.165) is 31.7 Å². The zero-order chi connectivity index (χ0) is 17.4. The summed E-state index contributed by atoms with van der Waals surface area (Å²) in [5.74, 6) is 0. The van der Waals surface area contributed by atoms with Crippen LogP contribution < -0.4 is 15.5 Å². The van der Waals surface area contributed by atoms with Crippen molar-refractivity contribution >= 4 is 28.7 Å². The fraction of sp³-hybridized carbons (Fsp3) is 0.350. The molecular weight excluding hydrogens is 314 g/mol. The molecule has 2 aromatic carbocycles. The molecule has 0 fully saturated rings. The van der Waals surface area contributed by atoms with Crippen molar-refractivity contribution in [3.8, 4) is 0 Å². The van der Waals surface area contributed by atoms with Crippen molar-refractivity contribution in [2.24, 2.45) is 0 Å². The summed E-state index contributed by atoms with van der Waals surface area (Å²) in [4.78, 5) is 2.39. The third-order valence-electron chi connectivity index (χ3n) is 3.98. The molecule has 24 heavy (non-hydrogen) atoms. The average molecular weight is 342 g/mol. The number of rotatable bonds is 7. The maximum atomic E-state index is 5.35. The Balaban J connectivity index is 1.72. The van der Waals surface area contributed by atoms with Crippen LogP contribution in [0.25, 0.3) is 0 Å². The summed E-state index contributed by atoms with van der Waals surface area (Å²) in [7, 11) is 0. The van der Waals surface area contributed by atoms with Crippen molar-refractivity contribution in [3.05, 3.63) is 59.7 Å². The van der Waals surface area contributed by atoms with Crippen molar-refractivity contribution in [2.45, 2.75) is 27.2 Å². The number of anilines is 2. The lowest BCUT2D eigenvalue weighted by atomic mass is 10.2. The van der Waals surface area contributed by atoms with E-state index in [2.05, 4.69) is 72.7 Å². The second-order valence-corrected chi connectivity index (χ2v) is 6.42. The quantitative estimate of drug-likeness (QED) is 0.572. The first-order valence-corrected chi connectivity index (χ1v) is 8.92. The summed E-state index contributed by atoms with van der Waals surface area (Å²) >= 11 is 5.35. The van der Waals surface area contributed by atoms with Gasteiger partial charge in [0, 0.05) is 31.0 Å². The van der Waals surface area contributed by atoms with Crippen LogP contribution in [0, 0.1) is 13.8 Å². The third-order valence-corrected chi connectivity index (χ3v) is 4.23. The lowest BCUT2D eigenvalue weighted by molar-refractivity contribution is 0.726. The molecule has 0 heterocycles. The molecule has 2 aromatic rings. The second-order valence-electron chi connectivity index (χ2n) is 6.02. The Kier molecular flexibility index (Phi) is 7.07. The number of benzene rings is 2. The van der Waals surface area contributed by atoms with Gasteiger partial charge in [-0.25, -0.2) is 0 Å². The van der Waals surface area contributed by atoms with E-state index < -0.39 is 0 Å². The van der Waals surface area contributed by atoms with Gasteiger partial charge < -0.3 is 15.5 Å². The molecule has 2 rings (SSSR count). The average Bonchev–Trinajstić information content (AvgIpc) is 2.58. The van der Waals surface area contributed by atoms with Crippen LogP contribution in [0.2, 0.25) is 0 Å². The largest absolute Gasteiger partial charge is 0.372 e. The predicted molar refractivity (Wildman–Crippen MR) is 109 cm³/mol. The molecule has 0 atom stereocenters. The molecule has 0 amide bonds. The fourth-order valence-electron chi connectivity index (χ4n) is 2.51. The molecule has 0 aliphatic carbocycles. The Morgan fingerprint density at radius 3 is 2.12 bits per heavy atom. The molecular formula is C20H27N3S. The predicted octanol–water partition coefficient (Wildman–Crippen LogP) is 4.51. The molecule has 3 nitrogen and oxygen atoms in total. The molecule has 0 aromatic heterocycles. The van der Waals surface area contributed by atoms with Crippen molar-refractivity contribution < 1.29 is 0 Å². The zero-order valence-electron chi connectivity index (χ0n) is 14.8. The van der Waals surface area contributed by atoms with E-state index in [1.54, 1.807) is 0 Å². The molecule has 0 spiro atoms. The van der Waals surface area contributed by atoms with Crippen LogP contribution in [0.3, 0.4) is 0 Å². The Hall–Kier alpha value is -2.07. The molecule has 0 saturated heterocycles. The van der Waals surface area contributed by atoms with Crippen molar-refractivity contribution in [3.63, 3.8) is 0 Å². The normalized spacial score (nSPS) is 10.3. The standard InChI is InChI=1S/C20H27N3S/c1-4-23(19-12-8-17(3)9-13-19)15-5-14-21-20(24)22-18-10-6-16(2)7-11-18/h6-13H,4-5,14-15H2,1-3H3,(H2,21,22,24). The Morgan fingerprint density at radius 1 is 0.958 bits per heavy atom. The van der Waals surface area contributed by atoms with Gasteiger partial charge >= 0.3 is 0 Å². The number of aryl methyl sites for hydroxylation is 2. The lowest BCUT2D eigenvalue weighted by Gasteiger charge is -2.23. The number of hydrogen-bond acceptors (Lipinski definition) is 2. The molecule has 4 heteroatoms. The van der Waals surface area contributed by atoms with Gasteiger partial charge in [0.2, 0.25) is 0 Å². The van der Waals surface area contributed by atoms with Crippen LogP contribution in [0.15, 0.2) is 48.5 Å². The first-order valence-electron chi connectivity index (χ1n) is 8.51. The summed E-state index contributed by atoms with van der Waals surface area (Å²) in [6.07, 6.45) is 1.04. The van der Waals surface area contributed by atoms with Gasteiger partial charge in [0.25, 0.3) is 0 Å². The molecule has 2 N–H and O–H groups in total. The lowest BCUT2D eigenvalue weighted by Crippen LogP contribution is -2.32. The van der Waals surface area contributed by atoms with Crippen LogP contribution in [0.1, 0.15) is 24.5 Å². The minimum atomic E-state index is 0.678. The van der Waals surface area contributed by atoms with Gasteiger partial charge in [-0.05, 0) is 63.7 Å². The summed E-state index contributed by atoms with van der Waals surface area (Å²) < 4.78 is 0. The highest BCUT2D eigenvalue weighted by Crippen LogP contribution is 2.15. The minimum Gasteiger partial charge on any atom is -0.372 e. The molecule has 0 aliphatic rings. The van der Waals surface area contributed by atoms with Crippen molar-refractivity contribution in [1.29, 1.82) is 0 Å². The Labute approximate surface area is 151 Å². The zero-order valence-corrected chi connectivity index (χ0v) is 15.6. The van der Waals surface area contributed by atoms with Crippen molar-refractivity contribution in [1.82, 2.24) is 5.32 Å². The monoisotopic (exact) mass is 341 g/mol. The first-order chi connectivity index (χ1) is 11.6. The van der Waals surface area contributed by atoms with Gasteiger partial charge in [0.05, 0.1) is 0 Å². The van der Waals surface area contributed by atoms with Crippen LogP contribution in [0.4, 0.5) is 11.4 Å². The molecule has 0 aliphatic heterocycles. The highest BCUT2D eigenvalue weighted by atomic mass is 32.1. The molecule has 0 radical (unpaired) electrons. The molecule has 0 bridgehead atoms. The number of hydrogen-bond donors (Lipinski definition) is 2. The van der Waals surface area contributed by atoms with Crippen molar-refractivity contribution in [2.75, 3.05) is 29.9 Å². The Bertz CT molecular complexity index is 635. The minimum absolute atomic E-state index is 0.678. The number of nitrogens with one attached hydrogen (secondary N) is 2. The number of thiocarbonyl (C=S) groups is 1. The van der Waals surface area contributed by atoms with E-state index in [9.17, 15) is 0 Å². The molecule has 0 saturated carbocycles. The summed E-state index contributed by atoms with van der Waals surface area (Å²) in [6.45, 7) is 9.27. The van der Waals surface area contributed by atoms with Gasteiger partial charge in [-0.15, -0.1) is 0 Å². The van der Waals surface area contributed by atoms with Gasteiger partial charge in [0.15, 0.2) is 5.11 Å². The topological polar surface area (TPSA) is 27.3 Å². The SMILES string of the molecule is CCN(CCCNC(=S)Nc1ccc(C)cc1)c1ccc(C)cc1. The van der Waals surface area contributed by atoms with E-state index in [-0.39, 0.29) is 0 Å². The van der Waals surface area contributed by atoms with E-state index >= 15 is 0 Å². The third kappa shape index (κ3) is 5.85. The number of nitrogens with zero attached hydrogens (tertiary/aromatic N) is 1. The van der Waals surface area contributed by atoms with Gasteiger partial charge in [-0.1, -0.05) is 35.4 Å². The van der Waals surface area contributed by atoms with Gasteiger partial charge in [0.1, 0.15) is 0 Å². The van der Waals surface area contributed by atoms with E-state index in [4.69, 9.17) is 12.2 Å². The summed E-state index contributed by atoms with van der Waals surface area (Å²) in [5.41, 5.74) is 4.84. The first kappa shape index (κ1) is 18.3. The Morgan fingerprint density at radius 2 is 1.54 bits per heavy atom. The van der Waals surface area contributed by atoms with Gasteiger partial charge in [-0.3, -0.25) is 0 Å². The smallest absolute Gasteiger partial charge is 0.170 e. The van der Waals surface area contributed by atoms with Gasteiger partial charge in [-0.2, -0.15) is 0 Å². The fourth-order valence-corrected chi connectivity index (χ4v) is 2.73. The van der Waals surface area contributed by atoms with E-state index in [1.165, 1.54) is 16.8 Å². The second kappa shape index (κ2) is 9.28.